The zero-order valence-corrected chi connectivity index (χ0v) is 11.2. The van der Waals surface area contributed by atoms with E-state index in [1.54, 1.807) is 24.3 Å². The molecule has 0 unspecified atom stereocenters. The van der Waals surface area contributed by atoms with Crippen molar-refractivity contribution in [2.24, 2.45) is 0 Å². The fourth-order valence-corrected chi connectivity index (χ4v) is 1.91. The van der Waals surface area contributed by atoms with Crippen LogP contribution in [0, 0.1) is 0 Å². The van der Waals surface area contributed by atoms with Crippen LogP contribution in [0.5, 0.6) is 0 Å². The van der Waals surface area contributed by atoms with Gasteiger partial charge in [0.1, 0.15) is 0 Å². The molecule has 0 aliphatic carbocycles. The van der Waals surface area contributed by atoms with E-state index in [4.69, 9.17) is 11.6 Å². The Labute approximate surface area is 117 Å². The number of benzene rings is 2. The molecule has 3 heteroatoms. The first-order valence-electron chi connectivity index (χ1n) is 5.43. The number of halogens is 1. The second-order valence-electron chi connectivity index (χ2n) is 3.77. The number of hydrogen-bond acceptors (Lipinski definition) is 2. The molecule has 0 saturated carbocycles. The van der Waals surface area contributed by atoms with Crippen LogP contribution in [0.2, 0.25) is 5.02 Å². The van der Waals surface area contributed by atoms with Crippen LogP contribution >= 0.6 is 24.2 Å². The van der Waals surface area contributed by atoms with Gasteiger partial charge in [0.15, 0.2) is 5.78 Å². The normalized spacial score (nSPS) is 11.3. The van der Waals surface area contributed by atoms with Gasteiger partial charge in [-0.15, -0.1) is 12.6 Å². The van der Waals surface area contributed by atoms with E-state index in [0.717, 1.165) is 5.56 Å². The molecule has 0 atom stereocenters. The van der Waals surface area contributed by atoms with Gasteiger partial charge in [-0.1, -0.05) is 41.9 Å². The highest BCUT2D eigenvalue weighted by Gasteiger charge is 2.04. The summed E-state index contributed by atoms with van der Waals surface area (Å²) in [6, 6.07) is 16.4. The third-order valence-electron chi connectivity index (χ3n) is 2.47. The van der Waals surface area contributed by atoms with Crippen LogP contribution in [-0.2, 0) is 0 Å². The molecular weight excluding hydrogens is 264 g/mol. The summed E-state index contributed by atoms with van der Waals surface area (Å²) >= 11 is 10.1. The maximum absolute atomic E-state index is 12.0. The Morgan fingerprint density at radius 3 is 2.17 bits per heavy atom. The number of hydrogen-bond donors (Lipinski definition) is 1. The third-order valence-corrected chi connectivity index (χ3v) is 3.11. The minimum atomic E-state index is -0.0829. The summed E-state index contributed by atoms with van der Waals surface area (Å²) in [6.45, 7) is 0. The number of carbonyl (C=O) groups is 1. The molecule has 2 aromatic carbocycles. The minimum Gasteiger partial charge on any atom is -0.289 e. The van der Waals surface area contributed by atoms with Crippen LogP contribution < -0.4 is 0 Å². The van der Waals surface area contributed by atoms with Gasteiger partial charge in [0, 0.05) is 15.5 Å². The maximum atomic E-state index is 12.0. The summed E-state index contributed by atoms with van der Waals surface area (Å²) in [4.78, 5) is 12.6. The van der Waals surface area contributed by atoms with Crippen molar-refractivity contribution in [3.63, 3.8) is 0 Å². The molecule has 1 nitrogen and oxygen atoms in total. The SMILES string of the molecule is O=C(/C=C(\S)c1ccccc1)c1ccc(Cl)cc1. The van der Waals surface area contributed by atoms with E-state index in [-0.39, 0.29) is 5.78 Å². The zero-order valence-electron chi connectivity index (χ0n) is 9.51. The van der Waals surface area contributed by atoms with Gasteiger partial charge < -0.3 is 0 Å². The Hall–Kier alpha value is -1.51. The highest BCUT2D eigenvalue weighted by atomic mass is 35.5. The predicted octanol–water partition coefficient (Wildman–Crippen LogP) is 4.49. The van der Waals surface area contributed by atoms with Crippen LogP contribution in [0.4, 0.5) is 0 Å². The van der Waals surface area contributed by atoms with Gasteiger partial charge in [-0.2, -0.15) is 0 Å². The lowest BCUT2D eigenvalue weighted by molar-refractivity contribution is 0.104. The van der Waals surface area contributed by atoms with Crippen LogP contribution in [-0.4, -0.2) is 5.78 Å². The van der Waals surface area contributed by atoms with Crippen molar-refractivity contribution >= 4 is 34.9 Å². The molecule has 2 rings (SSSR count). The first-order valence-corrected chi connectivity index (χ1v) is 6.25. The standard InChI is InChI=1S/C15H11ClOS/c16-13-8-6-11(7-9-13)14(17)10-15(18)12-4-2-1-3-5-12/h1-10,18H/b15-10-. The maximum Gasteiger partial charge on any atom is 0.186 e. The smallest absolute Gasteiger partial charge is 0.186 e. The second-order valence-corrected chi connectivity index (χ2v) is 4.68. The van der Waals surface area contributed by atoms with Crippen LogP contribution in [0.15, 0.2) is 60.7 Å². The van der Waals surface area contributed by atoms with E-state index in [9.17, 15) is 4.79 Å². The highest BCUT2D eigenvalue weighted by Crippen LogP contribution is 2.19. The topological polar surface area (TPSA) is 17.1 Å². The fraction of sp³-hybridized carbons (Fsp3) is 0. The number of thiol groups is 1. The van der Waals surface area contributed by atoms with Crippen LogP contribution in [0.3, 0.4) is 0 Å². The van der Waals surface area contributed by atoms with Gasteiger partial charge in [-0.3, -0.25) is 4.79 Å². The molecule has 0 spiro atoms. The number of ketones is 1. The molecule has 0 aliphatic heterocycles. The van der Waals surface area contributed by atoms with Crippen molar-refractivity contribution < 1.29 is 4.79 Å². The molecule has 0 amide bonds. The predicted molar refractivity (Wildman–Crippen MR) is 79.2 cm³/mol. The average molecular weight is 275 g/mol. The van der Waals surface area contributed by atoms with Crippen molar-refractivity contribution in [1.29, 1.82) is 0 Å². The lowest BCUT2D eigenvalue weighted by atomic mass is 10.1. The summed E-state index contributed by atoms with van der Waals surface area (Å²) in [5.41, 5.74) is 1.52. The van der Waals surface area contributed by atoms with Gasteiger partial charge in [-0.05, 0) is 35.9 Å². The van der Waals surface area contributed by atoms with Gasteiger partial charge in [0.05, 0.1) is 0 Å². The quantitative estimate of drug-likeness (QED) is 0.496. The Balaban J connectivity index is 2.23. The molecule has 0 radical (unpaired) electrons. The monoisotopic (exact) mass is 274 g/mol. The molecule has 2 aromatic rings. The van der Waals surface area contributed by atoms with E-state index in [2.05, 4.69) is 12.6 Å². The number of carbonyl (C=O) groups excluding carboxylic acids is 1. The Bertz CT molecular complexity index is 573. The number of allylic oxidation sites excluding steroid dienone is 1. The van der Waals surface area contributed by atoms with Gasteiger partial charge in [0.25, 0.3) is 0 Å². The number of rotatable bonds is 3. The van der Waals surface area contributed by atoms with Crippen LogP contribution in [0.1, 0.15) is 15.9 Å². The average Bonchev–Trinajstić information content (AvgIpc) is 2.40. The summed E-state index contributed by atoms with van der Waals surface area (Å²) in [7, 11) is 0. The largest absolute Gasteiger partial charge is 0.289 e. The van der Waals surface area contributed by atoms with Crippen molar-refractivity contribution in [2.75, 3.05) is 0 Å². The summed E-state index contributed by atoms with van der Waals surface area (Å²) < 4.78 is 0. The zero-order chi connectivity index (χ0) is 13.0. The minimum absolute atomic E-state index is 0.0829. The second kappa shape index (κ2) is 5.89. The summed E-state index contributed by atoms with van der Waals surface area (Å²) in [6.07, 6.45) is 1.52. The van der Waals surface area contributed by atoms with Crippen molar-refractivity contribution in [3.05, 3.63) is 76.8 Å². The summed E-state index contributed by atoms with van der Waals surface area (Å²) in [5, 5.41) is 0.615. The Morgan fingerprint density at radius 1 is 0.944 bits per heavy atom. The molecule has 0 N–H and O–H groups in total. The van der Waals surface area contributed by atoms with E-state index in [1.807, 2.05) is 30.3 Å². The first kappa shape index (κ1) is 12.9. The summed E-state index contributed by atoms with van der Waals surface area (Å²) in [5.74, 6) is -0.0829. The molecule has 0 fully saturated rings. The van der Waals surface area contributed by atoms with E-state index in [0.29, 0.717) is 15.5 Å². The molecule has 0 bridgehead atoms. The fourth-order valence-electron chi connectivity index (χ4n) is 1.51. The van der Waals surface area contributed by atoms with Gasteiger partial charge in [0.2, 0.25) is 0 Å². The van der Waals surface area contributed by atoms with E-state index < -0.39 is 0 Å². The molecule has 90 valence electrons. The van der Waals surface area contributed by atoms with Crippen LogP contribution in [0.25, 0.3) is 4.91 Å². The molecule has 0 aromatic heterocycles. The van der Waals surface area contributed by atoms with Gasteiger partial charge in [-0.25, -0.2) is 0 Å². The van der Waals surface area contributed by atoms with Crippen molar-refractivity contribution in [2.45, 2.75) is 0 Å². The molecular formula is C15H11ClOS. The van der Waals surface area contributed by atoms with Crippen molar-refractivity contribution in [3.8, 4) is 0 Å². The lowest BCUT2D eigenvalue weighted by Gasteiger charge is -2.00. The molecule has 0 aliphatic rings. The highest BCUT2D eigenvalue weighted by molar-refractivity contribution is 7.90. The lowest BCUT2D eigenvalue weighted by Crippen LogP contribution is -1.94. The third kappa shape index (κ3) is 3.25. The molecule has 0 saturated heterocycles. The van der Waals surface area contributed by atoms with Crippen molar-refractivity contribution in [1.82, 2.24) is 0 Å². The molecule has 0 heterocycles. The van der Waals surface area contributed by atoms with E-state index >= 15 is 0 Å². The molecule has 18 heavy (non-hydrogen) atoms. The van der Waals surface area contributed by atoms with E-state index in [1.165, 1.54) is 6.08 Å². The van der Waals surface area contributed by atoms with Gasteiger partial charge >= 0.3 is 0 Å². The Morgan fingerprint density at radius 2 is 1.56 bits per heavy atom. The first-order chi connectivity index (χ1) is 8.66. The Kier molecular flexibility index (Phi) is 4.24.